The van der Waals surface area contributed by atoms with Crippen LogP contribution in [0.4, 0.5) is 11.4 Å². The fourth-order valence-electron chi connectivity index (χ4n) is 2.23. The van der Waals surface area contributed by atoms with Crippen LogP contribution in [0.1, 0.15) is 11.1 Å². The molecule has 1 N–H and O–H groups in total. The Labute approximate surface area is 120 Å². The summed E-state index contributed by atoms with van der Waals surface area (Å²) < 4.78 is 0. The number of hydrogen-bond donors (Lipinski definition) is 1. The first kappa shape index (κ1) is 13.9. The standard InChI is InChI=1S/C16H19ClN2/c1-12-6-4-8-14(10-12)19(3)16-13(11-18-2)7-5-9-15(16)17/h4-10,18H,11H2,1-3H3. The molecular weight excluding hydrogens is 256 g/mol. The Morgan fingerprint density at radius 3 is 2.58 bits per heavy atom. The average Bonchev–Trinajstić information content (AvgIpc) is 2.39. The molecule has 0 aromatic heterocycles. The second-order valence-corrected chi connectivity index (χ2v) is 5.08. The number of aryl methyl sites for hydroxylation is 1. The van der Waals surface area contributed by atoms with Gasteiger partial charge in [-0.25, -0.2) is 0 Å². The van der Waals surface area contributed by atoms with Crippen LogP contribution in [0.25, 0.3) is 0 Å². The van der Waals surface area contributed by atoms with Crippen molar-refractivity contribution in [3.8, 4) is 0 Å². The molecule has 0 aliphatic carbocycles. The lowest BCUT2D eigenvalue weighted by atomic mass is 10.1. The zero-order chi connectivity index (χ0) is 13.8. The van der Waals surface area contributed by atoms with Gasteiger partial charge in [-0.15, -0.1) is 0 Å². The van der Waals surface area contributed by atoms with Crippen molar-refractivity contribution in [2.24, 2.45) is 0 Å². The minimum atomic E-state index is 0.775. The molecule has 0 amide bonds. The smallest absolute Gasteiger partial charge is 0.0646 e. The summed E-state index contributed by atoms with van der Waals surface area (Å²) >= 11 is 6.38. The third-order valence-electron chi connectivity index (χ3n) is 3.16. The first-order valence-electron chi connectivity index (χ1n) is 6.36. The number of para-hydroxylation sites is 1. The minimum Gasteiger partial charge on any atom is -0.343 e. The number of hydrogen-bond acceptors (Lipinski definition) is 2. The summed E-state index contributed by atoms with van der Waals surface area (Å²) in [6.07, 6.45) is 0. The van der Waals surface area contributed by atoms with Crippen molar-refractivity contribution < 1.29 is 0 Å². The second-order valence-electron chi connectivity index (χ2n) is 4.68. The largest absolute Gasteiger partial charge is 0.343 e. The van der Waals surface area contributed by atoms with Gasteiger partial charge >= 0.3 is 0 Å². The fourth-order valence-corrected chi connectivity index (χ4v) is 2.56. The van der Waals surface area contributed by atoms with Crippen LogP contribution in [0, 0.1) is 6.92 Å². The van der Waals surface area contributed by atoms with Gasteiger partial charge in [-0.3, -0.25) is 0 Å². The van der Waals surface area contributed by atoms with Gasteiger partial charge < -0.3 is 10.2 Å². The predicted molar refractivity (Wildman–Crippen MR) is 83.5 cm³/mol. The molecule has 0 saturated heterocycles. The van der Waals surface area contributed by atoms with E-state index >= 15 is 0 Å². The van der Waals surface area contributed by atoms with Gasteiger partial charge in [-0.2, -0.15) is 0 Å². The molecule has 0 bridgehead atoms. The molecule has 2 aromatic carbocycles. The Balaban J connectivity index is 2.45. The number of nitrogens with zero attached hydrogens (tertiary/aromatic N) is 1. The van der Waals surface area contributed by atoms with Crippen molar-refractivity contribution in [1.82, 2.24) is 5.32 Å². The van der Waals surface area contributed by atoms with E-state index in [1.807, 2.05) is 19.2 Å². The van der Waals surface area contributed by atoms with E-state index in [-0.39, 0.29) is 0 Å². The number of benzene rings is 2. The first-order chi connectivity index (χ1) is 9.13. The van der Waals surface area contributed by atoms with Crippen LogP contribution < -0.4 is 10.2 Å². The number of anilines is 2. The highest BCUT2D eigenvalue weighted by Crippen LogP contribution is 2.34. The molecule has 3 heteroatoms. The summed E-state index contributed by atoms with van der Waals surface area (Å²) in [6.45, 7) is 2.89. The van der Waals surface area contributed by atoms with E-state index in [1.165, 1.54) is 11.1 Å². The monoisotopic (exact) mass is 274 g/mol. The van der Waals surface area contributed by atoms with Gasteiger partial charge in [0.25, 0.3) is 0 Å². The molecular formula is C16H19ClN2. The van der Waals surface area contributed by atoms with E-state index in [4.69, 9.17) is 11.6 Å². The third kappa shape index (κ3) is 3.09. The Kier molecular flexibility index (Phi) is 4.46. The van der Waals surface area contributed by atoms with Crippen LogP contribution in [0.2, 0.25) is 5.02 Å². The van der Waals surface area contributed by atoms with E-state index in [9.17, 15) is 0 Å². The molecule has 0 atom stereocenters. The van der Waals surface area contributed by atoms with Crippen LogP contribution >= 0.6 is 11.6 Å². The quantitative estimate of drug-likeness (QED) is 0.902. The van der Waals surface area contributed by atoms with Crippen LogP contribution in [0.5, 0.6) is 0 Å². The minimum absolute atomic E-state index is 0.775. The maximum atomic E-state index is 6.38. The summed E-state index contributed by atoms with van der Waals surface area (Å²) in [7, 11) is 3.99. The van der Waals surface area contributed by atoms with Crippen LogP contribution in [0.3, 0.4) is 0 Å². The van der Waals surface area contributed by atoms with Gasteiger partial charge in [-0.05, 0) is 43.3 Å². The number of halogens is 1. The van der Waals surface area contributed by atoms with Gasteiger partial charge in [-0.1, -0.05) is 35.9 Å². The molecule has 2 aromatic rings. The molecule has 19 heavy (non-hydrogen) atoms. The van der Waals surface area contributed by atoms with Gasteiger partial charge in [0.05, 0.1) is 10.7 Å². The Morgan fingerprint density at radius 2 is 1.89 bits per heavy atom. The SMILES string of the molecule is CNCc1cccc(Cl)c1N(C)c1cccc(C)c1. The predicted octanol–water partition coefficient (Wildman–Crippen LogP) is 4.14. The first-order valence-corrected chi connectivity index (χ1v) is 6.73. The topological polar surface area (TPSA) is 15.3 Å². The highest BCUT2D eigenvalue weighted by atomic mass is 35.5. The molecule has 0 saturated carbocycles. The summed E-state index contributed by atoms with van der Waals surface area (Å²) in [5, 5.41) is 3.96. The molecule has 100 valence electrons. The van der Waals surface area contributed by atoms with Crippen LogP contribution in [0.15, 0.2) is 42.5 Å². The van der Waals surface area contributed by atoms with Gasteiger partial charge in [0, 0.05) is 19.3 Å². The second kappa shape index (κ2) is 6.09. The zero-order valence-electron chi connectivity index (χ0n) is 11.6. The maximum Gasteiger partial charge on any atom is 0.0646 e. The highest BCUT2D eigenvalue weighted by molar-refractivity contribution is 6.33. The molecule has 0 aliphatic heterocycles. The van der Waals surface area contributed by atoms with Gasteiger partial charge in [0.15, 0.2) is 0 Å². The summed E-state index contributed by atoms with van der Waals surface area (Å²) in [6, 6.07) is 14.4. The highest BCUT2D eigenvalue weighted by Gasteiger charge is 2.12. The Morgan fingerprint density at radius 1 is 1.16 bits per heavy atom. The van der Waals surface area contributed by atoms with Crippen LogP contribution in [-0.2, 0) is 6.54 Å². The summed E-state index contributed by atoms with van der Waals surface area (Å²) in [5.74, 6) is 0. The summed E-state index contributed by atoms with van der Waals surface area (Å²) in [4.78, 5) is 2.14. The van der Waals surface area contributed by atoms with Gasteiger partial charge in [0.1, 0.15) is 0 Å². The molecule has 0 heterocycles. The van der Waals surface area contributed by atoms with E-state index in [1.54, 1.807) is 0 Å². The van der Waals surface area contributed by atoms with E-state index < -0.39 is 0 Å². The molecule has 0 unspecified atom stereocenters. The van der Waals surface area contributed by atoms with Crippen molar-refractivity contribution in [2.45, 2.75) is 13.5 Å². The molecule has 0 aliphatic rings. The number of nitrogens with one attached hydrogen (secondary N) is 1. The third-order valence-corrected chi connectivity index (χ3v) is 3.47. The zero-order valence-corrected chi connectivity index (χ0v) is 12.3. The van der Waals surface area contributed by atoms with Crippen molar-refractivity contribution >= 4 is 23.0 Å². The van der Waals surface area contributed by atoms with Crippen molar-refractivity contribution in [1.29, 1.82) is 0 Å². The lowest BCUT2D eigenvalue weighted by Gasteiger charge is -2.24. The van der Waals surface area contributed by atoms with E-state index in [2.05, 4.69) is 54.5 Å². The Bertz CT molecular complexity index is 566. The van der Waals surface area contributed by atoms with Crippen LogP contribution in [-0.4, -0.2) is 14.1 Å². The molecule has 2 rings (SSSR count). The molecule has 0 fully saturated rings. The lowest BCUT2D eigenvalue weighted by Crippen LogP contribution is -2.15. The average molecular weight is 275 g/mol. The van der Waals surface area contributed by atoms with E-state index in [0.717, 1.165) is 22.9 Å². The fraction of sp³-hybridized carbons (Fsp3) is 0.250. The van der Waals surface area contributed by atoms with Crippen molar-refractivity contribution in [2.75, 3.05) is 19.0 Å². The maximum absolute atomic E-state index is 6.38. The molecule has 0 spiro atoms. The molecule has 0 radical (unpaired) electrons. The normalized spacial score (nSPS) is 10.5. The summed E-state index contributed by atoms with van der Waals surface area (Å²) in [5.41, 5.74) is 4.64. The number of rotatable bonds is 4. The van der Waals surface area contributed by atoms with Crippen molar-refractivity contribution in [3.05, 3.63) is 58.6 Å². The lowest BCUT2D eigenvalue weighted by molar-refractivity contribution is 0.816. The van der Waals surface area contributed by atoms with E-state index in [0.29, 0.717) is 0 Å². The Hall–Kier alpha value is -1.51. The van der Waals surface area contributed by atoms with Gasteiger partial charge in [0.2, 0.25) is 0 Å². The van der Waals surface area contributed by atoms with Crippen molar-refractivity contribution in [3.63, 3.8) is 0 Å². The molecule has 2 nitrogen and oxygen atoms in total.